The highest BCUT2D eigenvalue weighted by atomic mass is 79.9. The van der Waals surface area contributed by atoms with Gasteiger partial charge in [0.25, 0.3) is 0 Å². The average molecular weight is 317 g/mol. The van der Waals surface area contributed by atoms with Crippen LogP contribution in [-0.2, 0) is 5.88 Å². The molecule has 94 valence electrons. The summed E-state index contributed by atoms with van der Waals surface area (Å²) >= 11 is 9.47. The lowest BCUT2D eigenvalue weighted by molar-refractivity contribution is 0.547. The molecule has 1 nitrogen and oxygen atoms in total. The highest BCUT2D eigenvalue weighted by Crippen LogP contribution is 2.31. The molecule has 0 amide bonds. The zero-order valence-electron chi connectivity index (χ0n) is 10.3. The van der Waals surface area contributed by atoms with E-state index in [4.69, 9.17) is 11.6 Å². The molecule has 1 saturated carbocycles. The Morgan fingerprint density at radius 1 is 1.35 bits per heavy atom. The fourth-order valence-electron chi connectivity index (χ4n) is 2.62. The molecule has 0 radical (unpaired) electrons. The summed E-state index contributed by atoms with van der Waals surface area (Å²) in [5.74, 6) is 1.45. The Morgan fingerprint density at radius 2 is 2.06 bits per heavy atom. The number of hydrogen-bond donors (Lipinski definition) is 0. The first-order valence-electron chi connectivity index (χ1n) is 6.26. The summed E-state index contributed by atoms with van der Waals surface area (Å²) in [6.45, 7) is 1.17. The molecule has 0 bridgehead atoms. The summed E-state index contributed by atoms with van der Waals surface area (Å²) in [6, 6.07) is 6.39. The van der Waals surface area contributed by atoms with Crippen molar-refractivity contribution < 1.29 is 0 Å². The summed E-state index contributed by atoms with van der Waals surface area (Å²) in [6.07, 6.45) is 5.60. The molecule has 1 aromatic carbocycles. The smallest absolute Gasteiger partial charge is 0.0508 e. The molecule has 0 unspecified atom stereocenters. The highest BCUT2D eigenvalue weighted by Gasteiger charge is 2.17. The summed E-state index contributed by atoms with van der Waals surface area (Å²) in [5, 5.41) is 0. The summed E-state index contributed by atoms with van der Waals surface area (Å²) in [4.78, 5) is 2.36. The van der Waals surface area contributed by atoms with Crippen LogP contribution in [0.4, 0.5) is 5.69 Å². The van der Waals surface area contributed by atoms with Crippen molar-refractivity contribution in [3.05, 3.63) is 28.2 Å². The third kappa shape index (κ3) is 3.38. The maximum Gasteiger partial charge on any atom is 0.0508 e. The zero-order valence-corrected chi connectivity index (χ0v) is 12.6. The van der Waals surface area contributed by atoms with Gasteiger partial charge in [0.1, 0.15) is 0 Å². The van der Waals surface area contributed by atoms with E-state index < -0.39 is 0 Å². The van der Waals surface area contributed by atoms with Gasteiger partial charge < -0.3 is 4.90 Å². The largest absolute Gasteiger partial charge is 0.373 e. The number of rotatable bonds is 4. The first-order valence-corrected chi connectivity index (χ1v) is 7.59. The van der Waals surface area contributed by atoms with Crippen molar-refractivity contribution in [3.8, 4) is 0 Å². The van der Waals surface area contributed by atoms with Crippen molar-refractivity contribution in [2.45, 2.75) is 31.6 Å². The van der Waals surface area contributed by atoms with E-state index in [1.54, 1.807) is 0 Å². The van der Waals surface area contributed by atoms with Crippen LogP contribution in [0.2, 0.25) is 0 Å². The third-order valence-corrected chi connectivity index (χ3v) is 4.53. The second-order valence-electron chi connectivity index (χ2n) is 4.95. The lowest BCUT2D eigenvalue weighted by Gasteiger charge is -2.24. The number of halogens is 2. The van der Waals surface area contributed by atoms with Gasteiger partial charge in [-0.05, 0) is 52.4 Å². The van der Waals surface area contributed by atoms with Crippen molar-refractivity contribution in [2.75, 3.05) is 18.5 Å². The number of alkyl halides is 1. The zero-order chi connectivity index (χ0) is 12.3. The fourth-order valence-corrected chi connectivity index (χ4v) is 3.52. The molecular weight excluding hydrogens is 298 g/mol. The molecule has 0 aliphatic heterocycles. The van der Waals surface area contributed by atoms with Crippen molar-refractivity contribution in [2.24, 2.45) is 5.92 Å². The molecule has 1 fully saturated rings. The van der Waals surface area contributed by atoms with Crippen LogP contribution in [0.1, 0.15) is 31.2 Å². The minimum Gasteiger partial charge on any atom is -0.373 e. The maximum absolute atomic E-state index is 5.83. The minimum atomic E-state index is 0.575. The molecule has 0 saturated heterocycles. The van der Waals surface area contributed by atoms with Crippen LogP contribution in [-0.4, -0.2) is 13.6 Å². The van der Waals surface area contributed by atoms with Crippen molar-refractivity contribution >= 4 is 33.2 Å². The molecule has 1 aliphatic rings. The van der Waals surface area contributed by atoms with Gasteiger partial charge in [-0.25, -0.2) is 0 Å². The fraction of sp³-hybridized carbons (Fsp3) is 0.571. The van der Waals surface area contributed by atoms with Crippen LogP contribution in [0.3, 0.4) is 0 Å². The normalized spacial score (nSPS) is 16.4. The van der Waals surface area contributed by atoms with Crippen LogP contribution >= 0.6 is 27.5 Å². The topological polar surface area (TPSA) is 3.24 Å². The van der Waals surface area contributed by atoms with E-state index in [1.807, 2.05) is 0 Å². The van der Waals surface area contributed by atoms with E-state index >= 15 is 0 Å². The van der Waals surface area contributed by atoms with Gasteiger partial charge in [-0.1, -0.05) is 18.9 Å². The second kappa shape index (κ2) is 6.10. The quantitative estimate of drug-likeness (QED) is 0.720. The molecule has 0 spiro atoms. The van der Waals surface area contributed by atoms with Crippen molar-refractivity contribution in [1.29, 1.82) is 0 Å². The number of hydrogen-bond acceptors (Lipinski definition) is 1. The van der Waals surface area contributed by atoms with E-state index in [2.05, 4.69) is 46.1 Å². The number of nitrogens with zero attached hydrogens (tertiary/aromatic N) is 1. The predicted molar refractivity (Wildman–Crippen MR) is 78.9 cm³/mol. The van der Waals surface area contributed by atoms with Gasteiger partial charge in [0.15, 0.2) is 0 Å². The minimum absolute atomic E-state index is 0.575. The van der Waals surface area contributed by atoms with E-state index in [-0.39, 0.29) is 0 Å². The summed E-state index contributed by atoms with van der Waals surface area (Å²) < 4.78 is 1.15. The molecule has 0 N–H and O–H groups in total. The molecular formula is C14H19BrClN. The van der Waals surface area contributed by atoms with Gasteiger partial charge in [0.05, 0.1) is 5.69 Å². The van der Waals surface area contributed by atoms with E-state index in [0.717, 1.165) is 16.0 Å². The van der Waals surface area contributed by atoms with Gasteiger partial charge in [0, 0.05) is 23.9 Å². The molecule has 3 heteroatoms. The van der Waals surface area contributed by atoms with Crippen LogP contribution in [0.25, 0.3) is 0 Å². The Balaban J connectivity index is 2.04. The lowest BCUT2D eigenvalue weighted by Crippen LogP contribution is -2.24. The van der Waals surface area contributed by atoms with Gasteiger partial charge in [-0.2, -0.15) is 0 Å². The van der Waals surface area contributed by atoms with E-state index in [1.165, 1.54) is 37.9 Å². The Hall–Kier alpha value is -0.210. The molecule has 17 heavy (non-hydrogen) atoms. The van der Waals surface area contributed by atoms with E-state index in [0.29, 0.717) is 5.88 Å². The van der Waals surface area contributed by atoms with Gasteiger partial charge >= 0.3 is 0 Å². The van der Waals surface area contributed by atoms with Gasteiger partial charge in [-0.3, -0.25) is 0 Å². The van der Waals surface area contributed by atoms with E-state index in [9.17, 15) is 0 Å². The maximum atomic E-state index is 5.83. The van der Waals surface area contributed by atoms with Gasteiger partial charge in [-0.15, -0.1) is 11.6 Å². The Labute approximate surface area is 117 Å². The molecule has 0 atom stereocenters. The number of anilines is 1. The molecule has 0 heterocycles. The third-order valence-electron chi connectivity index (χ3n) is 3.58. The first kappa shape index (κ1) is 13.2. The lowest BCUT2D eigenvalue weighted by atomic mass is 10.1. The van der Waals surface area contributed by atoms with Crippen LogP contribution < -0.4 is 4.90 Å². The van der Waals surface area contributed by atoms with Crippen LogP contribution in [0.15, 0.2) is 22.7 Å². The highest BCUT2D eigenvalue weighted by molar-refractivity contribution is 9.10. The Morgan fingerprint density at radius 3 is 2.65 bits per heavy atom. The van der Waals surface area contributed by atoms with Crippen LogP contribution in [0.5, 0.6) is 0 Å². The van der Waals surface area contributed by atoms with Crippen LogP contribution in [0, 0.1) is 5.92 Å². The van der Waals surface area contributed by atoms with Crippen molar-refractivity contribution in [1.82, 2.24) is 0 Å². The summed E-state index contributed by atoms with van der Waals surface area (Å²) in [5.41, 5.74) is 2.43. The Bertz CT molecular complexity index is 374. The second-order valence-corrected chi connectivity index (χ2v) is 6.07. The Kier molecular flexibility index (Phi) is 4.75. The summed E-state index contributed by atoms with van der Waals surface area (Å²) in [7, 11) is 2.18. The SMILES string of the molecule is CN(CC1CCCC1)c1ccc(CCl)cc1Br. The predicted octanol–water partition coefficient (Wildman–Crippen LogP) is 4.81. The molecule has 1 aromatic rings. The van der Waals surface area contributed by atoms with Crippen molar-refractivity contribution in [3.63, 3.8) is 0 Å². The monoisotopic (exact) mass is 315 g/mol. The molecule has 2 rings (SSSR count). The average Bonchev–Trinajstić information content (AvgIpc) is 2.81. The molecule has 1 aliphatic carbocycles. The van der Waals surface area contributed by atoms with Gasteiger partial charge in [0.2, 0.25) is 0 Å². The molecule has 0 aromatic heterocycles. The standard InChI is InChI=1S/C14H19BrClN/c1-17(10-11-4-2-3-5-11)14-7-6-12(9-16)8-13(14)15/h6-8,11H,2-5,9-10H2,1H3. The number of benzene rings is 1. The first-order chi connectivity index (χ1) is 8.20.